The summed E-state index contributed by atoms with van der Waals surface area (Å²) >= 11 is 0. The van der Waals surface area contributed by atoms with E-state index in [4.69, 9.17) is 0 Å². The third-order valence-corrected chi connectivity index (χ3v) is 3.41. The van der Waals surface area contributed by atoms with Crippen LogP contribution in [0.2, 0.25) is 0 Å². The summed E-state index contributed by atoms with van der Waals surface area (Å²) in [6.45, 7) is 8.40. The molecule has 1 unspecified atom stereocenters. The average molecular weight is 247 g/mol. The van der Waals surface area contributed by atoms with Gasteiger partial charge in [-0.1, -0.05) is 50.1 Å². The van der Waals surface area contributed by atoms with Gasteiger partial charge in [0.05, 0.1) is 0 Å². The van der Waals surface area contributed by atoms with Crippen molar-refractivity contribution < 1.29 is 4.79 Å². The summed E-state index contributed by atoms with van der Waals surface area (Å²) in [5.74, 6) is 0.940. The number of carbonyl (C=O) groups excluding carboxylic acids is 1. The lowest BCUT2D eigenvalue weighted by molar-refractivity contribution is 0.0966. The molecule has 0 saturated heterocycles. The maximum absolute atomic E-state index is 12.0. The highest BCUT2D eigenvalue weighted by Gasteiger charge is 2.09. The first-order chi connectivity index (χ1) is 8.52. The Kier molecular flexibility index (Phi) is 6.06. The highest BCUT2D eigenvalue weighted by molar-refractivity contribution is 5.96. The molecule has 100 valence electrons. The molecule has 0 aliphatic rings. The molecule has 18 heavy (non-hydrogen) atoms. The summed E-state index contributed by atoms with van der Waals surface area (Å²) in [6, 6.07) is 7.84. The molecule has 0 bridgehead atoms. The highest BCUT2D eigenvalue weighted by atomic mass is 16.1. The first-order valence-corrected chi connectivity index (χ1v) is 6.81. The van der Waals surface area contributed by atoms with E-state index in [-0.39, 0.29) is 5.78 Å². The van der Waals surface area contributed by atoms with Crippen molar-refractivity contribution in [1.29, 1.82) is 0 Å². The van der Waals surface area contributed by atoms with Crippen molar-refractivity contribution in [2.45, 2.75) is 33.6 Å². The van der Waals surface area contributed by atoms with Gasteiger partial charge in [0.2, 0.25) is 0 Å². The van der Waals surface area contributed by atoms with E-state index in [9.17, 15) is 4.79 Å². The Labute approximate surface area is 111 Å². The number of hydrogen-bond acceptors (Lipinski definition) is 2. The molecule has 0 aliphatic heterocycles. The van der Waals surface area contributed by atoms with Crippen LogP contribution in [0, 0.1) is 12.8 Å². The third kappa shape index (κ3) is 5.01. The first-order valence-electron chi connectivity index (χ1n) is 6.81. The Balaban J connectivity index is 2.39. The zero-order chi connectivity index (χ0) is 13.5. The van der Waals surface area contributed by atoms with Crippen LogP contribution >= 0.6 is 0 Å². The predicted octanol–water partition coefficient (Wildman–Crippen LogP) is 3.55. The molecular formula is C16H25NO. The van der Waals surface area contributed by atoms with E-state index in [1.807, 2.05) is 31.2 Å². The second kappa shape index (κ2) is 7.32. The van der Waals surface area contributed by atoms with Gasteiger partial charge in [-0.3, -0.25) is 4.79 Å². The van der Waals surface area contributed by atoms with E-state index < -0.39 is 0 Å². The number of Topliss-reactive ketones (excluding diaryl/α,β-unsaturated/α-hetero) is 1. The zero-order valence-corrected chi connectivity index (χ0v) is 12.1. The van der Waals surface area contributed by atoms with Crippen molar-refractivity contribution in [3.63, 3.8) is 0 Å². The van der Waals surface area contributed by atoms with Crippen molar-refractivity contribution in [3.8, 4) is 0 Å². The second-order valence-corrected chi connectivity index (χ2v) is 5.31. The van der Waals surface area contributed by atoms with E-state index >= 15 is 0 Å². The van der Waals surface area contributed by atoms with Gasteiger partial charge >= 0.3 is 0 Å². The molecule has 0 N–H and O–H groups in total. The fourth-order valence-corrected chi connectivity index (χ4v) is 1.93. The van der Waals surface area contributed by atoms with Crippen LogP contribution < -0.4 is 0 Å². The lowest BCUT2D eigenvalue weighted by atomic mass is 10.1. The van der Waals surface area contributed by atoms with E-state index in [1.54, 1.807) is 0 Å². The predicted molar refractivity (Wildman–Crippen MR) is 77.1 cm³/mol. The zero-order valence-electron chi connectivity index (χ0n) is 12.1. The van der Waals surface area contributed by atoms with Gasteiger partial charge in [-0.05, 0) is 19.9 Å². The van der Waals surface area contributed by atoms with Crippen LogP contribution in [0.1, 0.15) is 42.6 Å². The van der Waals surface area contributed by atoms with Crippen molar-refractivity contribution >= 4 is 5.78 Å². The Morgan fingerprint density at radius 1 is 1.28 bits per heavy atom. The number of carbonyl (C=O) groups is 1. The van der Waals surface area contributed by atoms with Gasteiger partial charge < -0.3 is 4.90 Å². The molecule has 0 saturated carbocycles. The number of aryl methyl sites for hydroxylation is 1. The fourth-order valence-electron chi connectivity index (χ4n) is 1.93. The van der Waals surface area contributed by atoms with Gasteiger partial charge in [0, 0.05) is 25.1 Å². The molecule has 0 aliphatic carbocycles. The van der Waals surface area contributed by atoms with E-state index in [2.05, 4.69) is 25.8 Å². The molecular weight excluding hydrogens is 222 g/mol. The van der Waals surface area contributed by atoms with Gasteiger partial charge in [0.1, 0.15) is 0 Å². The van der Waals surface area contributed by atoms with Crippen molar-refractivity contribution in [2.24, 2.45) is 5.92 Å². The smallest absolute Gasteiger partial charge is 0.164 e. The van der Waals surface area contributed by atoms with Gasteiger partial charge in [0.15, 0.2) is 5.78 Å². The lowest BCUT2D eigenvalue weighted by Gasteiger charge is -2.19. The van der Waals surface area contributed by atoms with Crippen molar-refractivity contribution in [3.05, 3.63) is 35.4 Å². The van der Waals surface area contributed by atoms with E-state index in [1.165, 1.54) is 12.0 Å². The standard InChI is InChI=1S/C16H25NO/c1-5-13(2)12-17(4)11-10-16(18)15-8-6-14(3)7-9-15/h6-9,13H,5,10-12H2,1-4H3. The molecule has 0 aromatic heterocycles. The Morgan fingerprint density at radius 2 is 1.89 bits per heavy atom. The highest BCUT2D eigenvalue weighted by Crippen LogP contribution is 2.08. The molecule has 0 fully saturated rings. The minimum atomic E-state index is 0.242. The van der Waals surface area contributed by atoms with Crippen LogP contribution in [0.5, 0.6) is 0 Å². The average Bonchev–Trinajstić information content (AvgIpc) is 2.36. The second-order valence-electron chi connectivity index (χ2n) is 5.31. The number of benzene rings is 1. The monoisotopic (exact) mass is 247 g/mol. The van der Waals surface area contributed by atoms with Gasteiger partial charge in [-0.2, -0.15) is 0 Å². The van der Waals surface area contributed by atoms with Gasteiger partial charge in [0.25, 0.3) is 0 Å². The summed E-state index contributed by atoms with van der Waals surface area (Å²) in [5, 5.41) is 0. The number of nitrogens with zero attached hydrogens (tertiary/aromatic N) is 1. The van der Waals surface area contributed by atoms with Crippen LogP contribution in [0.4, 0.5) is 0 Å². The molecule has 1 atom stereocenters. The first kappa shape index (κ1) is 14.9. The van der Waals surface area contributed by atoms with Crippen LogP contribution in [-0.4, -0.2) is 30.8 Å². The molecule has 0 amide bonds. The molecule has 0 heterocycles. The topological polar surface area (TPSA) is 20.3 Å². The molecule has 1 rings (SSSR count). The summed E-state index contributed by atoms with van der Waals surface area (Å²) in [6.07, 6.45) is 1.80. The van der Waals surface area contributed by atoms with Crippen LogP contribution in [0.25, 0.3) is 0 Å². The fraction of sp³-hybridized carbons (Fsp3) is 0.562. The molecule has 2 heteroatoms. The van der Waals surface area contributed by atoms with Crippen molar-refractivity contribution in [2.75, 3.05) is 20.1 Å². The Morgan fingerprint density at radius 3 is 2.44 bits per heavy atom. The maximum Gasteiger partial charge on any atom is 0.164 e. The quantitative estimate of drug-likeness (QED) is 0.687. The molecule has 1 aromatic carbocycles. The number of hydrogen-bond donors (Lipinski definition) is 0. The Hall–Kier alpha value is -1.15. The maximum atomic E-state index is 12.0. The van der Waals surface area contributed by atoms with Crippen molar-refractivity contribution in [1.82, 2.24) is 4.90 Å². The normalized spacial score (nSPS) is 12.7. The molecule has 1 aromatic rings. The van der Waals surface area contributed by atoms with Crippen LogP contribution in [-0.2, 0) is 0 Å². The number of ketones is 1. The van der Waals surface area contributed by atoms with E-state index in [0.29, 0.717) is 12.3 Å². The summed E-state index contributed by atoms with van der Waals surface area (Å²) in [5.41, 5.74) is 2.03. The summed E-state index contributed by atoms with van der Waals surface area (Å²) < 4.78 is 0. The molecule has 0 spiro atoms. The minimum absolute atomic E-state index is 0.242. The van der Waals surface area contributed by atoms with Gasteiger partial charge in [-0.15, -0.1) is 0 Å². The molecule has 0 radical (unpaired) electrons. The minimum Gasteiger partial charge on any atom is -0.306 e. The number of rotatable bonds is 7. The SMILES string of the molecule is CCC(C)CN(C)CCC(=O)c1ccc(C)cc1. The van der Waals surface area contributed by atoms with E-state index in [0.717, 1.165) is 18.7 Å². The third-order valence-electron chi connectivity index (χ3n) is 3.41. The van der Waals surface area contributed by atoms with Crippen LogP contribution in [0.3, 0.4) is 0 Å². The summed E-state index contributed by atoms with van der Waals surface area (Å²) in [4.78, 5) is 14.2. The lowest BCUT2D eigenvalue weighted by Crippen LogP contribution is -2.26. The van der Waals surface area contributed by atoms with Gasteiger partial charge in [-0.25, -0.2) is 0 Å². The van der Waals surface area contributed by atoms with Crippen LogP contribution in [0.15, 0.2) is 24.3 Å². The summed E-state index contributed by atoms with van der Waals surface area (Å²) in [7, 11) is 2.09. The largest absolute Gasteiger partial charge is 0.306 e. The Bertz CT molecular complexity index is 369. The molecule has 2 nitrogen and oxygen atoms in total.